The van der Waals surface area contributed by atoms with Gasteiger partial charge in [-0.2, -0.15) is 0 Å². The molecule has 0 atom stereocenters. The molecule has 3 aromatic rings. The second-order valence-electron chi connectivity index (χ2n) is 7.89. The highest BCUT2D eigenvalue weighted by atomic mass is 32.1. The molecule has 2 amide bonds. The van der Waals surface area contributed by atoms with Gasteiger partial charge in [0.2, 0.25) is 5.91 Å². The van der Waals surface area contributed by atoms with E-state index in [1.165, 1.54) is 23.2 Å². The molecule has 7 nitrogen and oxygen atoms in total. The Morgan fingerprint density at radius 2 is 2.00 bits per heavy atom. The fourth-order valence-corrected chi connectivity index (χ4v) is 4.87. The Bertz CT molecular complexity index is 1090. The monoisotopic (exact) mass is 437 g/mol. The van der Waals surface area contributed by atoms with Crippen molar-refractivity contribution in [1.82, 2.24) is 20.2 Å². The van der Waals surface area contributed by atoms with Crippen molar-refractivity contribution >= 4 is 39.2 Å². The molecular weight excluding hydrogens is 410 g/mol. The normalized spacial score (nSPS) is 13.7. The van der Waals surface area contributed by atoms with E-state index in [-0.39, 0.29) is 11.8 Å². The third-order valence-corrected chi connectivity index (χ3v) is 6.77. The van der Waals surface area contributed by atoms with Gasteiger partial charge >= 0.3 is 0 Å². The van der Waals surface area contributed by atoms with Gasteiger partial charge in [0.15, 0.2) is 0 Å². The fourth-order valence-electron chi connectivity index (χ4n) is 3.81. The number of carbonyl (C=O) groups excluding carboxylic acids is 2. The first kappa shape index (κ1) is 21.2. The van der Waals surface area contributed by atoms with Crippen molar-refractivity contribution in [2.45, 2.75) is 39.7 Å². The molecular formula is C23H27N5O2S. The van der Waals surface area contributed by atoms with E-state index in [0.29, 0.717) is 24.4 Å². The van der Waals surface area contributed by atoms with Crippen LogP contribution < -0.4 is 10.6 Å². The lowest BCUT2D eigenvalue weighted by Crippen LogP contribution is -2.27. The van der Waals surface area contributed by atoms with E-state index in [1.54, 1.807) is 0 Å². The molecule has 2 aromatic heterocycles. The smallest absolute Gasteiger partial charge is 0.261 e. The largest absolute Gasteiger partial charge is 0.369 e. The lowest BCUT2D eigenvalue weighted by molar-refractivity contribution is -0.127. The van der Waals surface area contributed by atoms with Crippen LogP contribution in [-0.2, 0) is 11.3 Å². The molecule has 0 unspecified atom stereocenters. The summed E-state index contributed by atoms with van der Waals surface area (Å²) in [5.74, 6) is 0.892. The molecule has 4 rings (SSSR count). The van der Waals surface area contributed by atoms with Crippen LogP contribution in [0.25, 0.3) is 10.2 Å². The first-order valence-corrected chi connectivity index (χ1v) is 11.4. The summed E-state index contributed by atoms with van der Waals surface area (Å²) in [4.78, 5) is 36.7. The molecule has 31 heavy (non-hydrogen) atoms. The highest BCUT2D eigenvalue weighted by Crippen LogP contribution is 2.33. The third kappa shape index (κ3) is 4.85. The molecule has 0 bridgehead atoms. The number of carbonyl (C=O) groups is 2. The van der Waals surface area contributed by atoms with Crippen molar-refractivity contribution in [2.75, 3.05) is 25.0 Å². The van der Waals surface area contributed by atoms with Gasteiger partial charge in [-0.3, -0.25) is 9.59 Å². The van der Waals surface area contributed by atoms with Crippen LogP contribution in [0.1, 0.15) is 45.6 Å². The molecule has 0 radical (unpaired) electrons. The summed E-state index contributed by atoms with van der Waals surface area (Å²) in [6.45, 7) is 6.80. The number of rotatable bonds is 8. The first-order valence-electron chi connectivity index (χ1n) is 10.6. The van der Waals surface area contributed by atoms with Crippen LogP contribution in [0.4, 0.5) is 5.82 Å². The van der Waals surface area contributed by atoms with Crippen LogP contribution in [0, 0.1) is 13.8 Å². The Balaban J connectivity index is 1.41. The third-order valence-electron chi connectivity index (χ3n) is 5.58. The van der Waals surface area contributed by atoms with Crippen molar-refractivity contribution in [2.24, 2.45) is 0 Å². The molecule has 1 aliphatic heterocycles. The van der Waals surface area contributed by atoms with Crippen molar-refractivity contribution < 1.29 is 9.59 Å². The van der Waals surface area contributed by atoms with E-state index in [4.69, 9.17) is 0 Å². The van der Waals surface area contributed by atoms with E-state index in [2.05, 4.69) is 20.6 Å². The molecule has 0 saturated carbocycles. The standard InChI is InChI=1S/C23H27N5O2S/c1-15-6-8-17(9-7-15)13-25-22(30)20-16(2)19-21(26-14-27-23(19)31-20)24-10-4-12-28-11-3-5-18(28)29/h6-9,14H,3-5,10-13H2,1-2H3,(H,25,30)(H,24,26,27). The second-order valence-corrected chi connectivity index (χ2v) is 8.89. The number of nitrogens with one attached hydrogen (secondary N) is 2. The van der Waals surface area contributed by atoms with Gasteiger partial charge in [-0.1, -0.05) is 29.8 Å². The van der Waals surface area contributed by atoms with E-state index in [0.717, 1.165) is 53.1 Å². The molecule has 1 saturated heterocycles. The molecule has 0 aliphatic carbocycles. The Hall–Kier alpha value is -3.00. The summed E-state index contributed by atoms with van der Waals surface area (Å²) in [5, 5.41) is 7.27. The van der Waals surface area contributed by atoms with E-state index < -0.39 is 0 Å². The van der Waals surface area contributed by atoms with E-state index in [1.807, 2.05) is 43.0 Å². The lowest BCUT2D eigenvalue weighted by atomic mass is 10.1. The molecule has 8 heteroatoms. The van der Waals surface area contributed by atoms with Gasteiger partial charge in [-0.05, 0) is 37.8 Å². The van der Waals surface area contributed by atoms with Gasteiger partial charge in [0, 0.05) is 32.6 Å². The number of nitrogens with zero attached hydrogens (tertiary/aromatic N) is 3. The van der Waals surface area contributed by atoms with Gasteiger partial charge in [-0.25, -0.2) is 9.97 Å². The minimum Gasteiger partial charge on any atom is -0.369 e. The number of anilines is 1. The van der Waals surface area contributed by atoms with Crippen LogP contribution >= 0.6 is 11.3 Å². The number of hydrogen-bond acceptors (Lipinski definition) is 6. The predicted molar refractivity (Wildman–Crippen MR) is 123 cm³/mol. The van der Waals surface area contributed by atoms with Crippen molar-refractivity contribution in [3.8, 4) is 0 Å². The summed E-state index contributed by atoms with van der Waals surface area (Å²) in [5.41, 5.74) is 3.15. The van der Waals surface area contributed by atoms with Crippen LogP contribution in [0.3, 0.4) is 0 Å². The zero-order valence-corrected chi connectivity index (χ0v) is 18.7. The maximum Gasteiger partial charge on any atom is 0.261 e. The summed E-state index contributed by atoms with van der Waals surface area (Å²) in [6, 6.07) is 8.13. The minimum absolute atomic E-state index is 0.0976. The number of thiophene rings is 1. The van der Waals surface area contributed by atoms with Gasteiger partial charge in [0.1, 0.15) is 17.0 Å². The second kappa shape index (κ2) is 9.43. The fraction of sp³-hybridized carbons (Fsp3) is 0.391. The Labute approximate surface area is 185 Å². The number of amides is 2. The summed E-state index contributed by atoms with van der Waals surface area (Å²) in [6.07, 6.45) is 4.01. The minimum atomic E-state index is -0.0976. The van der Waals surface area contributed by atoms with E-state index >= 15 is 0 Å². The van der Waals surface area contributed by atoms with Crippen LogP contribution in [0.2, 0.25) is 0 Å². The van der Waals surface area contributed by atoms with Crippen LogP contribution in [0.15, 0.2) is 30.6 Å². The lowest BCUT2D eigenvalue weighted by Gasteiger charge is -2.15. The van der Waals surface area contributed by atoms with Crippen LogP contribution in [0.5, 0.6) is 0 Å². The molecule has 0 spiro atoms. The molecule has 1 fully saturated rings. The number of hydrogen-bond donors (Lipinski definition) is 2. The molecule has 2 N–H and O–H groups in total. The highest BCUT2D eigenvalue weighted by molar-refractivity contribution is 7.20. The number of aryl methyl sites for hydroxylation is 2. The zero-order chi connectivity index (χ0) is 21.8. The van der Waals surface area contributed by atoms with Crippen LogP contribution in [-0.4, -0.2) is 46.3 Å². The Morgan fingerprint density at radius 3 is 2.74 bits per heavy atom. The summed E-state index contributed by atoms with van der Waals surface area (Å²) in [7, 11) is 0. The zero-order valence-electron chi connectivity index (χ0n) is 17.9. The molecule has 1 aromatic carbocycles. The first-order chi connectivity index (χ1) is 15.0. The van der Waals surface area contributed by atoms with E-state index in [9.17, 15) is 9.59 Å². The number of aromatic nitrogens is 2. The average Bonchev–Trinajstić information content (AvgIpc) is 3.34. The Kier molecular flexibility index (Phi) is 6.46. The molecule has 3 heterocycles. The maximum absolute atomic E-state index is 12.8. The quantitative estimate of drug-likeness (QED) is 0.525. The molecule has 1 aliphatic rings. The van der Waals surface area contributed by atoms with Gasteiger partial charge in [0.05, 0.1) is 10.3 Å². The van der Waals surface area contributed by atoms with Crippen molar-refractivity contribution in [1.29, 1.82) is 0 Å². The predicted octanol–water partition coefficient (Wildman–Crippen LogP) is 3.66. The van der Waals surface area contributed by atoms with Crippen molar-refractivity contribution in [3.05, 3.63) is 52.2 Å². The summed E-state index contributed by atoms with van der Waals surface area (Å²) >= 11 is 1.39. The average molecular weight is 438 g/mol. The Morgan fingerprint density at radius 1 is 1.19 bits per heavy atom. The topological polar surface area (TPSA) is 87.2 Å². The number of fused-ring (bicyclic) bond motifs is 1. The SMILES string of the molecule is Cc1ccc(CNC(=O)c2sc3ncnc(NCCCN4CCCC4=O)c3c2C)cc1. The van der Waals surface area contributed by atoms with Crippen molar-refractivity contribution in [3.63, 3.8) is 0 Å². The summed E-state index contributed by atoms with van der Waals surface area (Å²) < 4.78 is 0. The van der Waals surface area contributed by atoms with Gasteiger partial charge < -0.3 is 15.5 Å². The van der Waals surface area contributed by atoms with Gasteiger partial charge in [0.25, 0.3) is 5.91 Å². The molecule has 162 valence electrons. The van der Waals surface area contributed by atoms with Gasteiger partial charge in [-0.15, -0.1) is 11.3 Å². The number of likely N-dealkylation sites (tertiary alicyclic amines) is 1. The highest BCUT2D eigenvalue weighted by Gasteiger charge is 2.20. The maximum atomic E-state index is 12.8. The number of benzene rings is 1.